The number of likely N-dealkylation sites (N-methyl/N-ethyl adjacent to an activating group) is 1. The van der Waals surface area contributed by atoms with Crippen LogP contribution >= 0.6 is 11.3 Å². The van der Waals surface area contributed by atoms with E-state index in [0.29, 0.717) is 42.7 Å². The molecule has 14 heteroatoms. The maximum atomic E-state index is 16.9. The Balaban J connectivity index is 1.36. The molecular formula is C35H36F3N7O3S. The number of nitrogens with two attached hydrogens (primary N) is 1. The Kier molecular flexibility index (Phi) is 8.62. The number of carbonyl (C=O) groups is 1. The fourth-order valence-electron chi connectivity index (χ4n) is 8.05. The predicted octanol–water partition coefficient (Wildman–Crippen LogP) is 5.44. The van der Waals surface area contributed by atoms with Crippen molar-refractivity contribution in [1.29, 1.82) is 5.26 Å². The summed E-state index contributed by atoms with van der Waals surface area (Å²) in [6, 6.07) is 7.28. The minimum Gasteiger partial charge on any atom is -0.461 e. The zero-order valence-electron chi connectivity index (χ0n) is 27.2. The molecule has 3 saturated heterocycles. The van der Waals surface area contributed by atoms with Gasteiger partial charge in [0.1, 0.15) is 41.0 Å². The van der Waals surface area contributed by atoms with Gasteiger partial charge in [0, 0.05) is 50.0 Å². The highest BCUT2D eigenvalue weighted by Crippen LogP contribution is 2.44. The molecular weight excluding hydrogens is 655 g/mol. The number of anilines is 2. The largest absolute Gasteiger partial charge is 0.461 e. The minimum absolute atomic E-state index is 0.0422. The number of nitriles is 1. The van der Waals surface area contributed by atoms with Gasteiger partial charge in [0.05, 0.1) is 34.5 Å². The lowest BCUT2D eigenvalue weighted by molar-refractivity contribution is -0.127. The fourth-order valence-corrected chi connectivity index (χ4v) is 9.00. The monoisotopic (exact) mass is 691 g/mol. The molecule has 0 bridgehead atoms. The zero-order valence-corrected chi connectivity index (χ0v) is 28.0. The van der Waals surface area contributed by atoms with E-state index in [1.807, 2.05) is 18.0 Å². The summed E-state index contributed by atoms with van der Waals surface area (Å²) >= 11 is 0.935. The van der Waals surface area contributed by atoms with E-state index in [4.69, 9.17) is 20.2 Å². The maximum absolute atomic E-state index is 16.9. The van der Waals surface area contributed by atoms with Gasteiger partial charge in [-0.3, -0.25) is 9.69 Å². The Morgan fingerprint density at radius 1 is 1.27 bits per heavy atom. The number of rotatable bonds is 9. The van der Waals surface area contributed by atoms with Crippen LogP contribution < -0.4 is 15.4 Å². The van der Waals surface area contributed by atoms with E-state index in [-0.39, 0.29) is 68.9 Å². The molecule has 4 aromatic rings. The third-order valence-electron chi connectivity index (χ3n) is 10.4. The molecule has 2 aromatic heterocycles. The smallest absolute Gasteiger partial charge is 0.319 e. The molecule has 4 atom stereocenters. The molecule has 3 aliphatic rings. The topological polar surface area (TPSA) is 121 Å². The molecule has 49 heavy (non-hydrogen) atoms. The highest BCUT2D eigenvalue weighted by Gasteiger charge is 2.49. The van der Waals surface area contributed by atoms with Gasteiger partial charge < -0.3 is 25.0 Å². The first kappa shape index (κ1) is 33.1. The Bertz CT molecular complexity index is 2020. The number of hydrogen-bond donors (Lipinski definition) is 1. The third kappa shape index (κ3) is 5.44. The molecule has 1 amide bonds. The molecule has 256 valence electrons. The molecule has 0 spiro atoms. The summed E-state index contributed by atoms with van der Waals surface area (Å²) in [6.45, 7) is 5.63. The lowest BCUT2D eigenvalue weighted by Gasteiger charge is -2.34. The Labute approximate surface area is 285 Å². The van der Waals surface area contributed by atoms with Gasteiger partial charge in [-0.2, -0.15) is 15.2 Å². The van der Waals surface area contributed by atoms with Crippen LogP contribution in [-0.2, 0) is 9.53 Å². The number of hydrogen-bond acceptors (Lipinski definition) is 10. The molecule has 2 aromatic carbocycles. The van der Waals surface area contributed by atoms with Crippen molar-refractivity contribution >= 4 is 49.1 Å². The second kappa shape index (κ2) is 12.8. The zero-order chi connectivity index (χ0) is 34.6. The number of ether oxygens (including phenoxy) is 2. The predicted molar refractivity (Wildman–Crippen MR) is 182 cm³/mol. The summed E-state index contributed by atoms with van der Waals surface area (Å²) < 4.78 is 58.3. The van der Waals surface area contributed by atoms with Crippen LogP contribution in [0.4, 0.5) is 24.0 Å². The van der Waals surface area contributed by atoms with Crippen LogP contribution in [0.1, 0.15) is 31.2 Å². The summed E-state index contributed by atoms with van der Waals surface area (Å²) in [6.07, 6.45) is 2.94. The number of amides is 1. The number of fused-ring (bicyclic) bond motifs is 3. The first-order valence-electron chi connectivity index (χ1n) is 16.2. The lowest BCUT2D eigenvalue weighted by atomic mass is 9.95. The number of benzene rings is 2. The molecule has 0 aliphatic carbocycles. The van der Waals surface area contributed by atoms with Crippen LogP contribution in [0, 0.1) is 23.0 Å². The normalized spacial score (nSPS) is 23.7. The summed E-state index contributed by atoms with van der Waals surface area (Å²) in [5.41, 5.74) is 6.01. The van der Waals surface area contributed by atoms with Gasteiger partial charge in [-0.25, -0.2) is 13.2 Å². The van der Waals surface area contributed by atoms with Crippen LogP contribution in [0.15, 0.2) is 36.9 Å². The minimum atomic E-state index is -0.957. The van der Waals surface area contributed by atoms with Crippen molar-refractivity contribution in [3.05, 3.63) is 54.1 Å². The summed E-state index contributed by atoms with van der Waals surface area (Å²) in [7, 11) is 3.39. The second-order valence-corrected chi connectivity index (χ2v) is 14.0. The molecule has 10 nitrogen and oxygen atoms in total. The number of nitrogens with zero attached hydrogens (tertiary/aromatic N) is 6. The van der Waals surface area contributed by atoms with Crippen molar-refractivity contribution in [3.8, 4) is 23.2 Å². The van der Waals surface area contributed by atoms with E-state index in [1.54, 1.807) is 24.1 Å². The number of alkyl halides is 1. The first-order chi connectivity index (χ1) is 23.6. The van der Waals surface area contributed by atoms with Gasteiger partial charge >= 0.3 is 6.01 Å². The van der Waals surface area contributed by atoms with Gasteiger partial charge in [0.15, 0.2) is 5.82 Å². The van der Waals surface area contributed by atoms with Gasteiger partial charge in [-0.1, -0.05) is 18.7 Å². The van der Waals surface area contributed by atoms with Crippen LogP contribution in [0.2, 0.25) is 0 Å². The van der Waals surface area contributed by atoms with E-state index in [2.05, 4.69) is 16.5 Å². The van der Waals surface area contributed by atoms with Crippen molar-refractivity contribution in [2.75, 3.05) is 57.6 Å². The van der Waals surface area contributed by atoms with E-state index in [0.717, 1.165) is 30.7 Å². The van der Waals surface area contributed by atoms with E-state index in [9.17, 15) is 18.8 Å². The Hall–Kier alpha value is -4.45. The van der Waals surface area contributed by atoms with Gasteiger partial charge in [-0.15, -0.1) is 11.3 Å². The van der Waals surface area contributed by atoms with Gasteiger partial charge in [0.25, 0.3) is 0 Å². The van der Waals surface area contributed by atoms with Crippen molar-refractivity contribution < 1.29 is 27.4 Å². The molecule has 3 aliphatic heterocycles. The number of aromatic nitrogens is 2. The van der Waals surface area contributed by atoms with Crippen molar-refractivity contribution in [2.45, 2.75) is 49.5 Å². The molecule has 2 unspecified atom stereocenters. The fraction of sp³-hybridized carbons (Fsp3) is 0.429. The van der Waals surface area contributed by atoms with Crippen LogP contribution in [0.3, 0.4) is 0 Å². The van der Waals surface area contributed by atoms with Crippen LogP contribution in [-0.4, -0.2) is 96.5 Å². The van der Waals surface area contributed by atoms with E-state index < -0.39 is 23.3 Å². The van der Waals surface area contributed by atoms with Crippen LogP contribution in [0.25, 0.3) is 32.1 Å². The van der Waals surface area contributed by atoms with E-state index >= 15 is 4.39 Å². The number of carbonyl (C=O) groups excluding carboxylic acids is 1. The van der Waals surface area contributed by atoms with Crippen molar-refractivity contribution in [3.63, 3.8) is 0 Å². The molecule has 5 heterocycles. The quantitative estimate of drug-likeness (QED) is 0.229. The number of methoxy groups -OCH3 is 1. The molecule has 2 N–H and O–H groups in total. The SMILES string of the molecule is C=CC(=O)N1CCC(N(C)c2nc(OC[C@@]34CCCN3C[C@H](F)C4)nc3c(F)c(-c4ccc(F)c5sc(N)c(C#N)c45)ccc23)C1COC. The van der Waals surface area contributed by atoms with E-state index in [1.165, 1.54) is 18.2 Å². The molecule has 7 rings (SSSR count). The lowest BCUT2D eigenvalue weighted by Crippen LogP contribution is -2.48. The van der Waals surface area contributed by atoms with Gasteiger partial charge in [0.2, 0.25) is 5.91 Å². The van der Waals surface area contributed by atoms with Gasteiger partial charge in [-0.05, 0) is 49.6 Å². The summed E-state index contributed by atoms with van der Waals surface area (Å²) in [5.74, 6) is -1.12. The second-order valence-electron chi connectivity index (χ2n) is 13.0. The summed E-state index contributed by atoms with van der Waals surface area (Å²) in [4.78, 5) is 27.8. The van der Waals surface area contributed by atoms with Crippen molar-refractivity contribution in [2.24, 2.45) is 0 Å². The third-order valence-corrected chi connectivity index (χ3v) is 11.4. The maximum Gasteiger partial charge on any atom is 0.319 e. The average molecular weight is 692 g/mol. The molecule has 0 radical (unpaired) electrons. The number of thiophene rings is 1. The number of nitrogen functional groups attached to an aromatic ring is 1. The Morgan fingerprint density at radius 2 is 2.06 bits per heavy atom. The average Bonchev–Trinajstić information content (AvgIpc) is 3.85. The number of likely N-dealkylation sites (tertiary alicyclic amines) is 1. The van der Waals surface area contributed by atoms with Crippen molar-refractivity contribution in [1.82, 2.24) is 19.8 Å². The highest BCUT2D eigenvalue weighted by atomic mass is 32.1. The van der Waals surface area contributed by atoms with Crippen LogP contribution in [0.5, 0.6) is 6.01 Å². The Morgan fingerprint density at radius 3 is 2.82 bits per heavy atom. The molecule has 0 saturated carbocycles. The molecule has 3 fully saturated rings. The number of halogens is 3. The highest BCUT2D eigenvalue weighted by molar-refractivity contribution is 7.23. The first-order valence-corrected chi connectivity index (χ1v) is 17.0. The summed E-state index contributed by atoms with van der Waals surface area (Å²) in [5, 5.41) is 10.6. The standard InChI is InChI=1S/C35H36F3N7O3S/c1-4-27(46)45-13-10-25(26(45)17-47-3)43(2)33-22-7-6-21(20-8-9-24(37)31-28(20)23(15-39)32(40)49-31)29(38)30(22)41-34(42-33)48-18-35-11-5-12-44(35)16-19(36)14-35/h4,6-9,19,25-26H,1,5,10-14,16-18,40H2,2-3H3/t19-,25?,26?,35+/m1/s1.